The van der Waals surface area contributed by atoms with Crippen LogP contribution in [0.2, 0.25) is 0 Å². The van der Waals surface area contributed by atoms with Gasteiger partial charge in [0.15, 0.2) is 0 Å². The molecule has 1 spiro atoms. The number of ether oxygens (including phenoxy) is 2. The van der Waals surface area contributed by atoms with E-state index in [0.717, 1.165) is 31.5 Å². The number of aliphatic hydroxyl groups is 1. The van der Waals surface area contributed by atoms with Crippen molar-refractivity contribution in [2.24, 2.45) is 0 Å². The van der Waals surface area contributed by atoms with E-state index in [-0.39, 0.29) is 18.3 Å². The first-order valence-electron chi connectivity index (χ1n) is 9.58. The van der Waals surface area contributed by atoms with Gasteiger partial charge in [-0.25, -0.2) is 0 Å². The van der Waals surface area contributed by atoms with Crippen molar-refractivity contribution in [2.45, 2.75) is 63.5 Å². The Kier molecular flexibility index (Phi) is 6.21. The molecule has 0 bridgehead atoms. The van der Waals surface area contributed by atoms with Gasteiger partial charge < -0.3 is 19.9 Å². The van der Waals surface area contributed by atoms with Gasteiger partial charge in [-0.05, 0) is 25.8 Å². The lowest BCUT2D eigenvalue weighted by Crippen LogP contribution is -2.63. The standard InChI is InChI=1S/C20H28F2N2O4/c1-14(25)23-17-12-27-20(13-19(17,2)26)7-9-24(10-8-20)11-15-5-3-4-6-16(15)28-18(21)22/h3-6,17-18,26H,7-13H2,1-2H3,(H,23,25)/t17-,19-/m0/s1. The molecule has 0 aliphatic carbocycles. The summed E-state index contributed by atoms with van der Waals surface area (Å²) in [6, 6.07) is 6.41. The molecule has 0 saturated carbocycles. The zero-order valence-corrected chi connectivity index (χ0v) is 16.3. The van der Waals surface area contributed by atoms with Crippen molar-refractivity contribution in [1.29, 1.82) is 0 Å². The Hall–Kier alpha value is -1.77. The number of nitrogens with one attached hydrogen (secondary N) is 1. The van der Waals surface area contributed by atoms with E-state index >= 15 is 0 Å². The monoisotopic (exact) mass is 398 g/mol. The highest BCUT2D eigenvalue weighted by Crippen LogP contribution is 2.40. The average Bonchev–Trinajstić information content (AvgIpc) is 2.60. The van der Waals surface area contributed by atoms with Crippen LogP contribution in [0.5, 0.6) is 5.75 Å². The second kappa shape index (κ2) is 8.31. The van der Waals surface area contributed by atoms with E-state index in [1.54, 1.807) is 25.1 Å². The van der Waals surface area contributed by atoms with Gasteiger partial charge in [-0.1, -0.05) is 18.2 Å². The van der Waals surface area contributed by atoms with E-state index in [1.165, 1.54) is 6.92 Å². The normalized spacial score (nSPS) is 27.7. The Morgan fingerprint density at radius 1 is 1.39 bits per heavy atom. The molecule has 3 rings (SSSR count). The number of alkyl halides is 2. The number of hydrogen-bond donors (Lipinski definition) is 2. The molecule has 2 atom stereocenters. The maximum absolute atomic E-state index is 12.6. The van der Waals surface area contributed by atoms with Gasteiger partial charge >= 0.3 is 6.61 Å². The van der Waals surface area contributed by atoms with Gasteiger partial charge in [0.05, 0.1) is 23.9 Å². The first kappa shape index (κ1) is 21.0. The summed E-state index contributed by atoms with van der Waals surface area (Å²) in [5, 5.41) is 13.6. The SMILES string of the molecule is CC(=O)N[C@H]1COC2(CCN(Cc3ccccc3OC(F)F)CC2)C[C@]1(C)O. The Morgan fingerprint density at radius 2 is 2.07 bits per heavy atom. The van der Waals surface area contributed by atoms with Gasteiger partial charge in [0.1, 0.15) is 5.75 Å². The predicted molar refractivity (Wildman–Crippen MR) is 99.1 cm³/mol. The lowest BCUT2D eigenvalue weighted by Gasteiger charge is -2.51. The predicted octanol–water partition coefficient (Wildman–Crippen LogP) is 2.30. The second-order valence-electron chi connectivity index (χ2n) is 8.04. The molecule has 0 radical (unpaired) electrons. The van der Waals surface area contributed by atoms with Crippen molar-refractivity contribution in [3.63, 3.8) is 0 Å². The summed E-state index contributed by atoms with van der Waals surface area (Å²) in [5.74, 6) is 0.0112. The lowest BCUT2D eigenvalue weighted by atomic mass is 9.75. The van der Waals surface area contributed by atoms with Crippen molar-refractivity contribution in [3.8, 4) is 5.75 Å². The van der Waals surface area contributed by atoms with Crippen LogP contribution in [-0.2, 0) is 16.1 Å². The van der Waals surface area contributed by atoms with Crippen molar-refractivity contribution in [2.75, 3.05) is 19.7 Å². The molecule has 0 unspecified atom stereocenters. The van der Waals surface area contributed by atoms with Crippen molar-refractivity contribution in [1.82, 2.24) is 10.2 Å². The highest BCUT2D eigenvalue weighted by molar-refractivity contribution is 5.73. The summed E-state index contributed by atoms with van der Waals surface area (Å²) < 4.78 is 35.9. The summed E-state index contributed by atoms with van der Waals surface area (Å²) in [5.41, 5.74) is -0.737. The number of rotatable bonds is 5. The minimum Gasteiger partial charge on any atom is -0.434 e. The minimum absolute atomic E-state index is 0.190. The van der Waals surface area contributed by atoms with Crippen LogP contribution in [0.1, 0.15) is 38.7 Å². The third-order valence-electron chi connectivity index (χ3n) is 5.71. The van der Waals surface area contributed by atoms with Gasteiger partial charge in [-0.3, -0.25) is 9.69 Å². The molecule has 28 heavy (non-hydrogen) atoms. The number of amides is 1. The minimum atomic E-state index is -2.85. The molecule has 2 N–H and O–H groups in total. The summed E-state index contributed by atoms with van der Waals surface area (Å²) in [7, 11) is 0. The average molecular weight is 398 g/mol. The molecule has 1 amide bonds. The van der Waals surface area contributed by atoms with Crippen LogP contribution in [0.3, 0.4) is 0 Å². The number of likely N-dealkylation sites (tertiary alicyclic amines) is 1. The van der Waals surface area contributed by atoms with Gasteiger partial charge in [-0.15, -0.1) is 0 Å². The Bertz CT molecular complexity index is 691. The highest BCUT2D eigenvalue weighted by Gasteiger charge is 2.49. The van der Waals surface area contributed by atoms with Crippen LogP contribution in [0.4, 0.5) is 8.78 Å². The molecule has 1 aromatic rings. The van der Waals surface area contributed by atoms with E-state index in [1.807, 2.05) is 6.07 Å². The van der Waals surface area contributed by atoms with Gasteiger partial charge in [0, 0.05) is 38.5 Å². The Morgan fingerprint density at radius 3 is 2.68 bits per heavy atom. The Labute approximate surface area is 163 Å². The molecular weight excluding hydrogens is 370 g/mol. The number of benzene rings is 1. The highest BCUT2D eigenvalue weighted by atomic mass is 19.3. The molecule has 2 saturated heterocycles. The van der Waals surface area contributed by atoms with Crippen LogP contribution in [0.15, 0.2) is 24.3 Å². The number of carbonyl (C=O) groups is 1. The van der Waals surface area contributed by atoms with Gasteiger partial charge in [0.25, 0.3) is 0 Å². The summed E-state index contributed by atoms with van der Waals surface area (Å²) in [6.45, 7) is 2.56. The summed E-state index contributed by atoms with van der Waals surface area (Å²) >= 11 is 0. The molecule has 2 aliphatic rings. The maximum atomic E-state index is 12.6. The van der Waals surface area contributed by atoms with E-state index in [0.29, 0.717) is 13.0 Å². The van der Waals surface area contributed by atoms with Crippen molar-refractivity contribution in [3.05, 3.63) is 29.8 Å². The molecule has 0 aromatic heterocycles. The fraction of sp³-hybridized carbons (Fsp3) is 0.650. The van der Waals surface area contributed by atoms with E-state index in [9.17, 15) is 18.7 Å². The number of carbonyl (C=O) groups excluding carboxylic acids is 1. The summed E-state index contributed by atoms with van der Waals surface area (Å²) in [4.78, 5) is 13.5. The third kappa shape index (κ3) is 4.98. The fourth-order valence-electron chi connectivity index (χ4n) is 4.23. The maximum Gasteiger partial charge on any atom is 0.387 e. The largest absolute Gasteiger partial charge is 0.434 e. The first-order valence-corrected chi connectivity index (χ1v) is 9.58. The van der Waals surface area contributed by atoms with Gasteiger partial charge in [-0.2, -0.15) is 8.78 Å². The Balaban J connectivity index is 1.59. The summed E-state index contributed by atoms with van der Waals surface area (Å²) in [6.07, 6.45) is 1.91. The second-order valence-corrected chi connectivity index (χ2v) is 8.04. The topological polar surface area (TPSA) is 71.0 Å². The van der Waals surface area contributed by atoms with Crippen molar-refractivity contribution >= 4 is 5.91 Å². The smallest absolute Gasteiger partial charge is 0.387 e. The quantitative estimate of drug-likeness (QED) is 0.797. The third-order valence-corrected chi connectivity index (χ3v) is 5.71. The molecule has 6 nitrogen and oxygen atoms in total. The molecule has 156 valence electrons. The van der Waals surface area contributed by atoms with Crippen LogP contribution in [0, 0.1) is 0 Å². The van der Waals surface area contributed by atoms with Crippen LogP contribution < -0.4 is 10.1 Å². The first-order chi connectivity index (χ1) is 13.2. The van der Waals surface area contributed by atoms with E-state index < -0.39 is 23.9 Å². The van der Waals surface area contributed by atoms with Crippen LogP contribution in [0.25, 0.3) is 0 Å². The van der Waals surface area contributed by atoms with Crippen LogP contribution >= 0.6 is 0 Å². The molecule has 2 heterocycles. The number of hydrogen-bond acceptors (Lipinski definition) is 5. The molecular formula is C20H28F2N2O4. The zero-order chi connectivity index (χ0) is 20.4. The van der Waals surface area contributed by atoms with Crippen LogP contribution in [-0.4, -0.2) is 59.5 Å². The number of nitrogens with zero attached hydrogens (tertiary/aromatic N) is 1. The fourth-order valence-corrected chi connectivity index (χ4v) is 4.23. The number of piperidine rings is 1. The van der Waals surface area contributed by atoms with Crippen molar-refractivity contribution < 1.29 is 28.2 Å². The molecule has 2 fully saturated rings. The molecule has 2 aliphatic heterocycles. The molecule has 8 heteroatoms. The number of halogens is 2. The van der Waals surface area contributed by atoms with E-state index in [2.05, 4.69) is 15.0 Å². The van der Waals surface area contributed by atoms with Gasteiger partial charge in [0.2, 0.25) is 5.91 Å². The van der Waals surface area contributed by atoms with E-state index in [4.69, 9.17) is 4.74 Å². The lowest BCUT2D eigenvalue weighted by molar-refractivity contribution is -0.189. The molecule has 1 aromatic carbocycles. The zero-order valence-electron chi connectivity index (χ0n) is 16.3. The number of para-hydroxylation sites is 1.